The summed E-state index contributed by atoms with van der Waals surface area (Å²) in [6, 6.07) is 0. The van der Waals surface area contributed by atoms with Crippen molar-refractivity contribution in [2.24, 2.45) is 5.92 Å². The maximum atomic E-state index is 11.4. The molecule has 0 aromatic carbocycles. The number of carbonyl (C=O) groups is 1. The van der Waals surface area contributed by atoms with Crippen molar-refractivity contribution in [2.45, 2.75) is 58.4 Å². The summed E-state index contributed by atoms with van der Waals surface area (Å²) in [7, 11) is -1.71. The molecule has 92 valence electrons. The highest BCUT2D eigenvalue weighted by Crippen LogP contribution is 2.38. The van der Waals surface area contributed by atoms with E-state index in [-0.39, 0.29) is 22.8 Å². The lowest BCUT2D eigenvalue weighted by molar-refractivity contribution is -0.119. The monoisotopic (exact) mass is 240 g/mol. The zero-order valence-corrected chi connectivity index (χ0v) is 12.3. The summed E-state index contributed by atoms with van der Waals surface area (Å²) < 4.78 is 6.26. The van der Waals surface area contributed by atoms with Crippen molar-refractivity contribution < 1.29 is 9.22 Å². The number of carbonyl (C=O) groups excluding carboxylic acids is 1. The van der Waals surface area contributed by atoms with Crippen LogP contribution in [0.5, 0.6) is 0 Å². The molecular weight excluding hydrogens is 216 g/mol. The van der Waals surface area contributed by atoms with E-state index in [0.29, 0.717) is 0 Å². The summed E-state index contributed by atoms with van der Waals surface area (Å²) in [6.45, 7) is 13.2. The Hall–Kier alpha value is -0.413. The van der Waals surface area contributed by atoms with Gasteiger partial charge in [0.15, 0.2) is 14.1 Å². The Morgan fingerprint density at radius 2 is 1.94 bits per heavy atom. The molecule has 0 aliphatic heterocycles. The van der Waals surface area contributed by atoms with Crippen LogP contribution in [0.15, 0.2) is 12.2 Å². The van der Waals surface area contributed by atoms with Gasteiger partial charge >= 0.3 is 0 Å². The number of allylic oxidation sites excluding steroid dienone is 1. The molecule has 1 aliphatic rings. The van der Waals surface area contributed by atoms with Gasteiger partial charge in [0.05, 0.1) is 6.10 Å². The van der Waals surface area contributed by atoms with Crippen LogP contribution >= 0.6 is 0 Å². The number of hydrogen-bond donors (Lipinski definition) is 0. The molecule has 0 fully saturated rings. The van der Waals surface area contributed by atoms with E-state index in [9.17, 15) is 4.79 Å². The van der Waals surface area contributed by atoms with Gasteiger partial charge in [-0.2, -0.15) is 0 Å². The van der Waals surface area contributed by atoms with Gasteiger partial charge in [0.2, 0.25) is 0 Å². The van der Waals surface area contributed by atoms with Gasteiger partial charge in [0, 0.05) is 5.92 Å². The first kappa shape index (κ1) is 13.7. The first-order valence-electron chi connectivity index (χ1n) is 6.03. The molecule has 16 heavy (non-hydrogen) atoms. The highest BCUT2D eigenvalue weighted by Gasteiger charge is 2.39. The summed E-state index contributed by atoms with van der Waals surface area (Å²) in [5, 5.41) is 0.228. The fourth-order valence-corrected chi connectivity index (χ4v) is 2.84. The van der Waals surface area contributed by atoms with Gasteiger partial charge < -0.3 is 4.43 Å². The SMILES string of the molecule is C[C@H]1C[C@@H](O[Si](C)(C)C(C)(C)C)C=CC1=O. The van der Waals surface area contributed by atoms with Gasteiger partial charge in [-0.15, -0.1) is 0 Å². The second-order valence-electron chi connectivity index (χ2n) is 6.31. The second-order valence-corrected chi connectivity index (χ2v) is 11.1. The maximum absolute atomic E-state index is 11.4. The van der Waals surface area contributed by atoms with Gasteiger partial charge in [-0.25, -0.2) is 0 Å². The molecule has 0 N–H and O–H groups in total. The molecule has 2 atom stereocenters. The van der Waals surface area contributed by atoms with E-state index >= 15 is 0 Å². The predicted molar refractivity (Wildman–Crippen MR) is 70.0 cm³/mol. The molecule has 0 unspecified atom stereocenters. The molecule has 0 bridgehead atoms. The third kappa shape index (κ3) is 3.05. The number of hydrogen-bond acceptors (Lipinski definition) is 2. The van der Waals surface area contributed by atoms with E-state index in [4.69, 9.17) is 4.43 Å². The molecule has 0 saturated heterocycles. The third-order valence-electron chi connectivity index (χ3n) is 3.80. The zero-order chi connectivity index (χ0) is 12.6. The fraction of sp³-hybridized carbons (Fsp3) is 0.769. The van der Waals surface area contributed by atoms with Crippen molar-refractivity contribution >= 4 is 14.1 Å². The fourth-order valence-electron chi connectivity index (χ4n) is 1.55. The van der Waals surface area contributed by atoms with Gasteiger partial charge in [-0.1, -0.05) is 33.8 Å². The average Bonchev–Trinajstić information content (AvgIpc) is 2.09. The Morgan fingerprint density at radius 1 is 1.38 bits per heavy atom. The maximum Gasteiger partial charge on any atom is 0.192 e. The van der Waals surface area contributed by atoms with Gasteiger partial charge in [0.1, 0.15) is 0 Å². The van der Waals surface area contributed by atoms with Crippen LogP contribution in [-0.4, -0.2) is 20.2 Å². The smallest absolute Gasteiger partial charge is 0.192 e. The van der Waals surface area contributed by atoms with Crippen molar-refractivity contribution in [3.8, 4) is 0 Å². The quantitative estimate of drug-likeness (QED) is 0.690. The normalized spacial score (nSPS) is 27.2. The molecule has 0 heterocycles. The standard InChI is InChI=1S/C13H24O2Si/c1-10-9-11(7-8-12(10)14)15-16(5,6)13(2,3)4/h7-8,10-11H,9H2,1-6H3/t10-,11-/m0/s1. The minimum atomic E-state index is -1.71. The first-order chi connectivity index (χ1) is 7.13. The Labute approximate surface area is 100 Å². The van der Waals surface area contributed by atoms with Crippen LogP contribution in [0, 0.1) is 5.92 Å². The summed E-state index contributed by atoms with van der Waals surface area (Å²) in [5.74, 6) is 0.342. The summed E-state index contributed by atoms with van der Waals surface area (Å²) in [6.07, 6.45) is 4.59. The summed E-state index contributed by atoms with van der Waals surface area (Å²) in [5.41, 5.74) is 0. The van der Waals surface area contributed by atoms with E-state index < -0.39 is 8.32 Å². The van der Waals surface area contributed by atoms with Crippen molar-refractivity contribution in [2.75, 3.05) is 0 Å². The molecule has 0 aromatic heterocycles. The minimum Gasteiger partial charge on any atom is -0.411 e. The van der Waals surface area contributed by atoms with E-state index in [1.165, 1.54) is 0 Å². The molecule has 0 saturated carbocycles. The molecule has 2 nitrogen and oxygen atoms in total. The number of ketones is 1. The van der Waals surface area contributed by atoms with Gasteiger partial charge in [-0.3, -0.25) is 4.79 Å². The van der Waals surface area contributed by atoms with E-state index in [2.05, 4.69) is 33.9 Å². The van der Waals surface area contributed by atoms with E-state index in [1.54, 1.807) is 6.08 Å². The molecule has 0 spiro atoms. The van der Waals surface area contributed by atoms with Crippen LogP contribution in [-0.2, 0) is 9.22 Å². The highest BCUT2D eigenvalue weighted by molar-refractivity contribution is 6.74. The van der Waals surface area contributed by atoms with E-state index in [0.717, 1.165) is 6.42 Å². The van der Waals surface area contributed by atoms with Gasteiger partial charge in [-0.05, 0) is 30.6 Å². The Balaban J connectivity index is 2.69. The zero-order valence-electron chi connectivity index (χ0n) is 11.3. The molecule has 0 amide bonds. The molecule has 0 aromatic rings. The lowest BCUT2D eigenvalue weighted by atomic mass is 9.93. The third-order valence-corrected chi connectivity index (χ3v) is 8.30. The molecule has 1 rings (SSSR count). The Morgan fingerprint density at radius 3 is 2.38 bits per heavy atom. The van der Waals surface area contributed by atoms with Crippen molar-refractivity contribution in [1.29, 1.82) is 0 Å². The van der Waals surface area contributed by atoms with Crippen LogP contribution in [0.4, 0.5) is 0 Å². The molecular formula is C13H24O2Si. The van der Waals surface area contributed by atoms with Crippen molar-refractivity contribution in [3.63, 3.8) is 0 Å². The Bertz CT molecular complexity index is 300. The van der Waals surface area contributed by atoms with Gasteiger partial charge in [0.25, 0.3) is 0 Å². The summed E-state index contributed by atoms with van der Waals surface area (Å²) in [4.78, 5) is 11.4. The van der Waals surface area contributed by atoms with Crippen LogP contribution < -0.4 is 0 Å². The molecule has 3 heteroatoms. The molecule has 0 radical (unpaired) electrons. The topological polar surface area (TPSA) is 26.3 Å². The van der Waals surface area contributed by atoms with Crippen molar-refractivity contribution in [3.05, 3.63) is 12.2 Å². The molecule has 1 aliphatic carbocycles. The highest BCUT2D eigenvalue weighted by atomic mass is 28.4. The van der Waals surface area contributed by atoms with Crippen molar-refractivity contribution in [1.82, 2.24) is 0 Å². The minimum absolute atomic E-state index is 0.111. The number of rotatable bonds is 2. The lowest BCUT2D eigenvalue weighted by Crippen LogP contribution is -2.44. The summed E-state index contributed by atoms with van der Waals surface area (Å²) >= 11 is 0. The van der Waals surface area contributed by atoms with Crippen LogP contribution in [0.1, 0.15) is 34.1 Å². The van der Waals surface area contributed by atoms with Crippen LogP contribution in [0.3, 0.4) is 0 Å². The first-order valence-corrected chi connectivity index (χ1v) is 8.94. The van der Waals surface area contributed by atoms with E-state index in [1.807, 2.05) is 13.0 Å². The average molecular weight is 240 g/mol. The Kier molecular flexibility index (Phi) is 3.80. The lowest BCUT2D eigenvalue weighted by Gasteiger charge is -2.39. The van der Waals surface area contributed by atoms with Crippen LogP contribution in [0.25, 0.3) is 0 Å². The largest absolute Gasteiger partial charge is 0.411 e. The predicted octanol–water partition coefficient (Wildman–Crippen LogP) is 3.54. The van der Waals surface area contributed by atoms with Crippen LogP contribution in [0.2, 0.25) is 18.1 Å². The second kappa shape index (κ2) is 4.45.